The second-order valence-electron chi connectivity index (χ2n) is 5.69. The van der Waals surface area contributed by atoms with Gasteiger partial charge in [0.1, 0.15) is 0 Å². The van der Waals surface area contributed by atoms with Crippen LogP contribution in [0.4, 0.5) is 0 Å². The van der Waals surface area contributed by atoms with Crippen molar-refractivity contribution in [3.05, 3.63) is 70.2 Å². The summed E-state index contributed by atoms with van der Waals surface area (Å²) in [6.45, 7) is 2.25. The zero-order chi connectivity index (χ0) is 13.9. The summed E-state index contributed by atoms with van der Waals surface area (Å²) >= 11 is 3.66. The van der Waals surface area contributed by atoms with Gasteiger partial charge in [-0.25, -0.2) is 0 Å². The van der Waals surface area contributed by atoms with Gasteiger partial charge in [0.15, 0.2) is 0 Å². The molecule has 0 heterocycles. The Balaban J connectivity index is 1.55. The molecule has 1 aliphatic carbocycles. The monoisotopic (exact) mass is 329 g/mol. The SMILES string of the molecule is C[C@@H](NC1CC(c2ccccc2Br)C1)c1ccccc1. The van der Waals surface area contributed by atoms with Crippen LogP contribution in [0.15, 0.2) is 59.1 Å². The number of nitrogens with one attached hydrogen (secondary N) is 1. The van der Waals surface area contributed by atoms with Gasteiger partial charge in [-0.3, -0.25) is 0 Å². The number of hydrogen-bond donors (Lipinski definition) is 1. The fraction of sp³-hybridized carbons (Fsp3) is 0.333. The van der Waals surface area contributed by atoms with E-state index in [4.69, 9.17) is 0 Å². The summed E-state index contributed by atoms with van der Waals surface area (Å²) in [6.07, 6.45) is 2.47. The molecule has 0 radical (unpaired) electrons. The highest BCUT2D eigenvalue weighted by atomic mass is 79.9. The first kappa shape index (κ1) is 13.8. The van der Waals surface area contributed by atoms with Gasteiger partial charge in [0, 0.05) is 16.6 Å². The molecule has 0 aliphatic heterocycles. The van der Waals surface area contributed by atoms with Crippen LogP contribution in [0.3, 0.4) is 0 Å². The minimum atomic E-state index is 0.432. The van der Waals surface area contributed by atoms with E-state index in [1.165, 1.54) is 28.4 Å². The van der Waals surface area contributed by atoms with Crippen LogP contribution in [0.2, 0.25) is 0 Å². The second kappa shape index (κ2) is 6.11. The highest BCUT2D eigenvalue weighted by Gasteiger charge is 2.31. The third kappa shape index (κ3) is 2.97. The molecule has 1 atom stereocenters. The van der Waals surface area contributed by atoms with Crippen molar-refractivity contribution in [3.8, 4) is 0 Å². The Labute approximate surface area is 129 Å². The maximum absolute atomic E-state index is 3.74. The maximum Gasteiger partial charge on any atom is 0.0294 e. The minimum Gasteiger partial charge on any atom is -0.307 e. The molecule has 0 amide bonds. The third-order valence-corrected chi connectivity index (χ3v) is 4.99. The van der Waals surface area contributed by atoms with Crippen molar-refractivity contribution in [1.29, 1.82) is 0 Å². The van der Waals surface area contributed by atoms with Gasteiger partial charge in [0.2, 0.25) is 0 Å². The summed E-state index contributed by atoms with van der Waals surface area (Å²) in [4.78, 5) is 0. The molecule has 0 bridgehead atoms. The van der Waals surface area contributed by atoms with Gasteiger partial charge in [-0.1, -0.05) is 64.5 Å². The summed E-state index contributed by atoms with van der Waals surface area (Å²) in [5, 5.41) is 3.74. The zero-order valence-corrected chi connectivity index (χ0v) is 13.3. The lowest BCUT2D eigenvalue weighted by atomic mass is 9.75. The second-order valence-corrected chi connectivity index (χ2v) is 6.54. The van der Waals surface area contributed by atoms with Crippen LogP contribution in [-0.4, -0.2) is 6.04 Å². The smallest absolute Gasteiger partial charge is 0.0294 e. The fourth-order valence-corrected chi connectivity index (χ4v) is 3.61. The van der Waals surface area contributed by atoms with Gasteiger partial charge in [-0.2, -0.15) is 0 Å². The molecule has 2 aromatic carbocycles. The maximum atomic E-state index is 3.74. The van der Waals surface area contributed by atoms with Crippen LogP contribution in [0.1, 0.15) is 42.9 Å². The summed E-state index contributed by atoms with van der Waals surface area (Å²) < 4.78 is 1.25. The molecular weight excluding hydrogens is 310 g/mol. The standard InChI is InChI=1S/C18H20BrN/c1-13(14-7-3-2-4-8-14)20-16-11-15(12-16)17-9-5-6-10-18(17)19/h2-10,13,15-16,20H,11-12H2,1H3/t13-,15?,16?/m1/s1. The Hall–Kier alpha value is -1.12. The lowest BCUT2D eigenvalue weighted by molar-refractivity contribution is 0.270. The van der Waals surface area contributed by atoms with Crippen LogP contribution < -0.4 is 5.32 Å². The quantitative estimate of drug-likeness (QED) is 0.827. The van der Waals surface area contributed by atoms with E-state index in [9.17, 15) is 0 Å². The van der Waals surface area contributed by atoms with Crippen molar-refractivity contribution in [2.24, 2.45) is 0 Å². The number of rotatable bonds is 4. The molecule has 0 aromatic heterocycles. The first-order chi connectivity index (χ1) is 9.74. The summed E-state index contributed by atoms with van der Waals surface area (Å²) in [5.41, 5.74) is 2.83. The molecule has 0 spiro atoms. The molecule has 2 heteroatoms. The Kier molecular flexibility index (Phi) is 4.23. The molecule has 2 aromatic rings. The van der Waals surface area contributed by atoms with Crippen LogP contribution in [0, 0.1) is 0 Å². The predicted octanol–water partition coefficient (Wildman–Crippen LogP) is 5.05. The van der Waals surface area contributed by atoms with Crippen molar-refractivity contribution < 1.29 is 0 Å². The molecular formula is C18H20BrN. The number of halogens is 1. The van der Waals surface area contributed by atoms with Crippen LogP contribution in [-0.2, 0) is 0 Å². The predicted molar refractivity (Wildman–Crippen MR) is 87.9 cm³/mol. The lowest BCUT2D eigenvalue weighted by Crippen LogP contribution is -2.41. The summed E-state index contributed by atoms with van der Waals surface area (Å²) in [5.74, 6) is 0.700. The number of benzene rings is 2. The Morgan fingerprint density at radius 2 is 1.65 bits per heavy atom. The van der Waals surface area contributed by atoms with E-state index in [0.29, 0.717) is 18.0 Å². The van der Waals surface area contributed by atoms with Crippen molar-refractivity contribution in [2.45, 2.75) is 37.8 Å². The molecule has 1 fully saturated rings. The van der Waals surface area contributed by atoms with Crippen molar-refractivity contribution in [2.75, 3.05) is 0 Å². The van der Waals surface area contributed by atoms with E-state index in [0.717, 1.165) is 0 Å². The lowest BCUT2D eigenvalue weighted by Gasteiger charge is -2.38. The van der Waals surface area contributed by atoms with E-state index in [1.807, 2.05) is 0 Å². The highest BCUT2D eigenvalue weighted by molar-refractivity contribution is 9.10. The zero-order valence-electron chi connectivity index (χ0n) is 11.7. The van der Waals surface area contributed by atoms with Crippen LogP contribution >= 0.6 is 15.9 Å². The molecule has 0 unspecified atom stereocenters. The molecule has 20 heavy (non-hydrogen) atoms. The van der Waals surface area contributed by atoms with Gasteiger partial charge in [0.25, 0.3) is 0 Å². The Morgan fingerprint density at radius 1 is 1.00 bits per heavy atom. The molecule has 104 valence electrons. The van der Waals surface area contributed by atoms with Gasteiger partial charge >= 0.3 is 0 Å². The first-order valence-electron chi connectivity index (χ1n) is 7.29. The van der Waals surface area contributed by atoms with Gasteiger partial charge in [-0.05, 0) is 42.9 Å². The van der Waals surface area contributed by atoms with Crippen molar-refractivity contribution in [3.63, 3.8) is 0 Å². The molecule has 0 saturated heterocycles. The normalized spacial score (nSPS) is 23.1. The van der Waals surface area contributed by atoms with Crippen molar-refractivity contribution >= 4 is 15.9 Å². The van der Waals surface area contributed by atoms with Crippen LogP contribution in [0.25, 0.3) is 0 Å². The molecule has 1 nitrogen and oxygen atoms in total. The molecule has 1 N–H and O–H groups in total. The number of hydrogen-bond acceptors (Lipinski definition) is 1. The highest BCUT2D eigenvalue weighted by Crippen LogP contribution is 2.40. The third-order valence-electron chi connectivity index (χ3n) is 4.27. The van der Waals surface area contributed by atoms with E-state index in [1.54, 1.807) is 0 Å². The Morgan fingerprint density at radius 3 is 2.35 bits per heavy atom. The van der Waals surface area contributed by atoms with Gasteiger partial charge in [0.05, 0.1) is 0 Å². The van der Waals surface area contributed by atoms with Gasteiger partial charge in [-0.15, -0.1) is 0 Å². The average molecular weight is 330 g/mol. The molecule has 1 saturated carbocycles. The minimum absolute atomic E-state index is 0.432. The van der Waals surface area contributed by atoms with E-state index < -0.39 is 0 Å². The van der Waals surface area contributed by atoms with E-state index in [-0.39, 0.29) is 0 Å². The first-order valence-corrected chi connectivity index (χ1v) is 8.09. The van der Waals surface area contributed by atoms with E-state index >= 15 is 0 Å². The largest absolute Gasteiger partial charge is 0.307 e. The average Bonchev–Trinajstić information content (AvgIpc) is 2.44. The van der Waals surface area contributed by atoms with E-state index in [2.05, 4.69) is 82.8 Å². The summed E-state index contributed by atoms with van der Waals surface area (Å²) in [6, 6.07) is 20.4. The summed E-state index contributed by atoms with van der Waals surface area (Å²) in [7, 11) is 0. The fourth-order valence-electron chi connectivity index (χ4n) is 3.01. The van der Waals surface area contributed by atoms with Crippen molar-refractivity contribution in [1.82, 2.24) is 5.32 Å². The molecule has 1 aliphatic rings. The van der Waals surface area contributed by atoms with Crippen LogP contribution in [0.5, 0.6) is 0 Å². The van der Waals surface area contributed by atoms with Gasteiger partial charge < -0.3 is 5.32 Å². The molecule has 3 rings (SSSR count). The topological polar surface area (TPSA) is 12.0 Å². The Bertz CT molecular complexity index is 561.